The molecule has 0 spiro atoms. The quantitative estimate of drug-likeness (QED) is 0.272. The molecular weight excluding hydrogens is 376 g/mol. The summed E-state index contributed by atoms with van der Waals surface area (Å²) >= 11 is 0. The molecule has 0 N–H and O–H groups in total. The molecule has 4 nitrogen and oxygen atoms in total. The van der Waals surface area contributed by atoms with Crippen molar-refractivity contribution in [3.05, 3.63) is 34.9 Å². The van der Waals surface area contributed by atoms with Gasteiger partial charge in [0.1, 0.15) is 0 Å². The van der Waals surface area contributed by atoms with Crippen LogP contribution >= 0.6 is 0 Å². The zero-order chi connectivity index (χ0) is 22.7. The van der Waals surface area contributed by atoms with Crippen LogP contribution in [0.2, 0.25) is 0 Å². The average molecular weight is 419 g/mol. The smallest absolute Gasteiger partial charge is 0.339 e. The SMILES string of the molecule is CC(C)CCCCOC(=O)c1ccc(C(C)(C)C)cc1C(=O)OCCCCC(C)C. The number of hydrogen-bond acceptors (Lipinski definition) is 4. The van der Waals surface area contributed by atoms with Crippen LogP contribution in [0.3, 0.4) is 0 Å². The van der Waals surface area contributed by atoms with E-state index in [2.05, 4.69) is 48.5 Å². The molecule has 1 aromatic carbocycles. The molecule has 0 aliphatic heterocycles. The van der Waals surface area contributed by atoms with E-state index in [4.69, 9.17) is 9.47 Å². The number of ether oxygens (including phenoxy) is 2. The first kappa shape index (κ1) is 26.2. The van der Waals surface area contributed by atoms with E-state index in [0.717, 1.165) is 44.1 Å². The number of carbonyl (C=O) groups is 2. The predicted octanol–water partition coefficient (Wildman–Crippen LogP) is 6.95. The van der Waals surface area contributed by atoms with E-state index < -0.39 is 11.9 Å². The monoisotopic (exact) mass is 418 g/mol. The van der Waals surface area contributed by atoms with Gasteiger partial charge in [0.2, 0.25) is 0 Å². The fourth-order valence-electron chi connectivity index (χ4n) is 3.15. The van der Waals surface area contributed by atoms with Crippen LogP contribution in [0.5, 0.6) is 0 Å². The number of unbranched alkanes of at least 4 members (excludes halogenated alkanes) is 2. The molecule has 1 rings (SSSR count). The van der Waals surface area contributed by atoms with Crippen LogP contribution in [0, 0.1) is 11.8 Å². The summed E-state index contributed by atoms with van der Waals surface area (Å²) in [6.07, 6.45) is 5.95. The molecule has 0 atom stereocenters. The molecule has 4 heteroatoms. The maximum absolute atomic E-state index is 12.8. The molecule has 0 unspecified atom stereocenters. The molecular formula is C26H42O4. The van der Waals surface area contributed by atoms with E-state index >= 15 is 0 Å². The Balaban J connectivity index is 2.82. The highest BCUT2D eigenvalue weighted by Gasteiger charge is 2.23. The van der Waals surface area contributed by atoms with Gasteiger partial charge in [-0.15, -0.1) is 0 Å². The molecule has 0 aromatic heterocycles. The van der Waals surface area contributed by atoms with Gasteiger partial charge in [-0.05, 0) is 60.6 Å². The number of hydrogen-bond donors (Lipinski definition) is 0. The van der Waals surface area contributed by atoms with Crippen LogP contribution in [0.4, 0.5) is 0 Å². The molecule has 0 saturated heterocycles. The third-order valence-corrected chi connectivity index (χ3v) is 5.14. The standard InChI is InChI=1S/C26H42O4/c1-19(2)12-8-10-16-29-24(27)22-15-14-21(26(5,6)7)18-23(22)25(28)30-17-11-9-13-20(3)4/h14-15,18-20H,8-13,16-17H2,1-7H3. The zero-order valence-corrected chi connectivity index (χ0v) is 20.2. The highest BCUT2D eigenvalue weighted by molar-refractivity contribution is 6.03. The maximum Gasteiger partial charge on any atom is 0.339 e. The molecule has 0 fully saturated rings. The van der Waals surface area contributed by atoms with Gasteiger partial charge in [-0.1, -0.05) is 67.4 Å². The van der Waals surface area contributed by atoms with Crippen LogP contribution < -0.4 is 0 Å². The lowest BCUT2D eigenvalue weighted by molar-refractivity contribution is 0.0449. The van der Waals surface area contributed by atoms with Crippen molar-refractivity contribution in [1.29, 1.82) is 0 Å². The van der Waals surface area contributed by atoms with Gasteiger partial charge in [0.25, 0.3) is 0 Å². The molecule has 0 aliphatic carbocycles. The summed E-state index contributed by atoms with van der Waals surface area (Å²) in [5.74, 6) is 0.391. The van der Waals surface area contributed by atoms with Crippen LogP contribution in [-0.2, 0) is 14.9 Å². The van der Waals surface area contributed by atoms with Gasteiger partial charge in [-0.25, -0.2) is 9.59 Å². The lowest BCUT2D eigenvalue weighted by atomic mass is 9.85. The van der Waals surface area contributed by atoms with Crippen molar-refractivity contribution in [1.82, 2.24) is 0 Å². The summed E-state index contributed by atoms with van der Waals surface area (Å²) in [5, 5.41) is 0. The second-order valence-corrected chi connectivity index (χ2v) is 10.1. The summed E-state index contributed by atoms with van der Waals surface area (Å²) < 4.78 is 10.9. The molecule has 1 aromatic rings. The van der Waals surface area contributed by atoms with Crippen LogP contribution in [-0.4, -0.2) is 25.2 Å². The Morgan fingerprint density at radius 3 is 1.67 bits per heavy atom. The van der Waals surface area contributed by atoms with Crippen molar-refractivity contribution in [3.8, 4) is 0 Å². The largest absolute Gasteiger partial charge is 0.462 e. The third kappa shape index (κ3) is 9.77. The Morgan fingerprint density at radius 2 is 1.23 bits per heavy atom. The van der Waals surface area contributed by atoms with Crippen molar-refractivity contribution < 1.29 is 19.1 Å². The minimum Gasteiger partial charge on any atom is -0.462 e. The third-order valence-electron chi connectivity index (χ3n) is 5.14. The molecule has 0 aliphatic rings. The minimum absolute atomic E-state index is 0.133. The van der Waals surface area contributed by atoms with Gasteiger partial charge >= 0.3 is 11.9 Å². The topological polar surface area (TPSA) is 52.6 Å². The number of benzene rings is 1. The number of carbonyl (C=O) groups excluding carboxylic acids is 2. The predicted molar refractivity (Wildman–Crippen MR) is 123 cm³/mol. The van der Waals surface area contributed by atoms with E-state index in [1.165, 1.54) is 0 Å². The van der Waals surface area contributed by atoms with Gasteiger partial charge < -0.3 is 9.47 Å². The normalized spacial score (nSPS) is 11.8. The Morgan fingerprint density at radius 1 is 0.767 bits per heavy atom. The summed E-state index contributed by atoms with van der Waals surface area (Å²) in [6.45, 7) is 15.7. The second-order valence-electron chi connectivity index (χ2n) is 10.1. The Bertz CT molecular complexity index is 668. The highest BCUT2D eigenvalue weighted by Crippen LogP contribution is 2.26. The summed E-state index contributed by atoms with van der Waals surface area (Å²) in [6, 6.07) is 5.38. The number of esters is 2. The molecule has 0 heterocycles. The van der Waals surface area contributed by atoms with Crippen molar-refractivity contribution in [2.75, 3.05) is 13.2 Å². The minimum atomic E-state index is -0.452. The number of rotatable bonds is 12. The summed E-state index contributed by atoms with van der Waals surface area (Å²) in [5.41, 5.74) is 1.45. The Labute approximate surface area is 183 Å². The Kier molecular flexibility index (Phi) is 11.1. The first-order valence-corrected chi connectivity index (χ1v) is 11.5. The van der Waals surface area contributed by atoms with E-state index in [1.807, 2.05) is 6.07 Å². The molecule has 30 heavy (non-hydrogen) atoms. The van der Waals surface area contributed by atoms with Gasteiger partial charge in [0.15, 0.2) is 0 Å². The van der Waals surface area contributed by atoms with Crippen molar-refractivity contribution in [2.45, 2.75) is 92.4 Å². The van der Waals surface area contributed by atoms with Crippen molar-refractivity contribution >= 4 is 11.9 Å². The van der Waals surface area contributed by atoms with Crippen molar-refractivity contribution in [3.63, 3.8) is 0 Å². The van der Waals surface area contributed by atoms with E-state index in [0.29, 0.717) is 36.2 Å². The maximum atomic E-state index is 12.8. The second kappa shape index (κ2) is 12.8. The molecule has 0 saturated carbocycles. The van der Waals surface area contributed by atoms with Gasteiger partial charge in [-0.2, -0.15) is 0 Å². The molecule has 0 bridgehead atoms. The van der Waals surface area contributed by atoms with E-state index in [1.54, 1.807) is 12.1 Å². The van der Waals surface area contributed by atoms with Crippen molar-refractivity contribution in [2.24, 2.45) is 11.8 Å². The van der Waals surface area contributed by atoms with E-state index in [9.17, 15) is 9.59 Å². The zero-order valence-electron chi connectivity index (χ0n) is 20.2. The van der Waals surface area contributed by atoms with Gasteiger partial charge in [0, 0.05) is 0 Å². The lowest BCUT2D eigenvalue weighted by Gasteiger charge is -2.21. The molecule has 170 valence electrons. The average Bonchev–Trinajstić information content (AvgIpc) is 2.65. The van der Waals surface area contributed by atoms with Gasteiger partial charge in [0.05, 0.1) is 24.3 Å². The fourth-order valence-corrected chi connectivity index (χ4v) is 3.15. The summed E-state index contributed by atoms with van der Waals surface area (Å²) in [7, 11) is 0. The molecule has 0 radical (unpaired) electrons. The highest BCUT2D eigenvalue weighted by atomic mass is 16.5. The van der Waals surface area contributed by atoms with Crippen LogP contribution in [0.15, 0.2) is 18.2 Å². The lowest BCUT2D eigenvalue weighted by Crippen LogP contribution is -2.18. The van der Waals surface area contributed by atoms with Gasteiger partial charge in [-0.3, -0.25) is 0 Å². The van der Waals surface area contributed by atoms with Crippen LogP contribution in [0.25, 0.3) is 0 Å². The molecule has 0 amide bonds. The fraction of sp³-hybridized carbons (Fsp3) is 0.692. The summed E-state index contributed by atoms with van der Waals surface area (Å²) in [4.78, 5) is 25.4. The van der Waals surface area contributed by atoms with E-state index in [-0.39, 0.29) is 5.41 Å². The Hall–Kier alpha value is -1.84. The first-order valence-electron chi connectivity index (χ1n) is 11.5. The first-order chi connectivity index (χ1) is 14.0. The van der Waals surface area contributed by atoms with Crippen LogP contribution in [0.1, 0.15) is 113 Å².